The molecular weight excluding hydrogens is 260 g/mol. The van der Waals surface area contributed by atoms with Gasteiger partial charge in [0, 0.05) is 12.2 Å². The lowest BCUT2D eigenvalue weighted by Gasteiger charge is -2.22. The van der Waals surface area contributed by atoms with Crippen LogP contribution in [0.5, 0.6) is 0 Å². The quantitative estimate of drug-likeness (QED) is 0.787. The number of carbonyl (C=O) groups excluding carboxylic acids is 2. The van der Waals surface area contributed by atoms with Gasteiger partial charge in [-0.2, -0.15) is 5.10 Å². The zero-order valence-corrected chi connectivity index (χ0v) is 11.6. The Labute approximate surface area is 117 Å². The number of amides is 2. The van der Waals surface area contributed by atoms with Gasteiger partial charge in [-0.15, -0.1) is 0 Å². The van der Waals surface area contributed by atoms with Crippen molar-refractivity contribution in [2.24, 2.45) is 5.73 Å². The van der Waals surface area contributed by atoms with E-state index in [0.717, 1.165) is 31.4 Å². The highest BCUT2D eigenvalue weighted by Crippen LogP contribution is 2.18. The molecule has 2 amide bonds. The van der Waals surface area contributed by atoms with E-state index in [2.05, 4.69) is 10.2 Å². The number of hydrogen-bond acceptors (Lipinski definition) is 4. The lowest BCUT2D eigenvalue weighted by molar-refractivity contribution is 0.0421. The Bertz CT molecular complexity index is 486. The number of esters is 1. The smallest absolute Gasteiger partial charge is 0.341 e. The van der Waals surface area contributed by atoms with Crippen LogP contribution in [-0.2, 0) is 11.2 Å². The highest BCUT2D eigenvalue weighted by atomic mass is 16.5. The average Bonchev–Trinajstić information content (AvgIpc) is 3.04. The van der Waals surface area contributed by atoms with E-state index in [-0.39, 0.29) is 12.6 Å². The summed E-state index contributed by atoms with van der Waals surface area (Å²) in [6.07, 6.45) is 4.84. The number of ether oxygens (including phenoxy) is 1. The predicted molar refractivity (Wildman–Crippen MR) is 72.2 cm³/mol. The summed E-state index contributed by atoms with van der Waals surface area (Å²) in [6.45, 7) is 2.84. The monoisotopic (exact) mass is 280 g/mol. The van der Waals surface area contributed by atoms with Crippen molar-refractivity contribution in [2.75, 3.05) is 13.2 Å². The van der Waals surface area contributed by atoms with Crippen LogP contribution >= 0.6 is 0 Å². The Morgan fingerprint density at radius 3 is 3.10 bits per heavy atom. The maximum Gasteiger partial charge on any atom is 0.341 e. The fourth-order valence-corrected chi connectivity index (χ4v) is 2.48. The molecule has 7 nitrogen and oxygen atoms in total. The van der Waals surface area contributed by atoms with Gasteiger partial charge in [-0.05, 0) is 19.3 Å². The molecule has 0 saturated carbocycles. The zero-order valence-electron chi connectivity index (χ0n) is 11.6. The van der Waals surface area contributed by atoms with Crippen molar-refractivity contribution in [1.29, 1.82) is 0 Å². The Morgan fingerprint density at radius 1 is 1.60 bits per heavy atom. The van der Waals surface area contributed by atoms with Crippen LogP contribution in [0.25, 0.3) is 0 Å². The zero-order chi connectivity index (χ0) is 14.5. The second kappa shape index (κ2) is 6.40. The van der Waals surface area contributed by atoms with E-state index < -0.39 is 12.0 Å². The van der Waals surface area contributed by atoms with Crippen LogP contribution in [0.1, 0.15) is 42.2 Å². The van der Waals surface area contributed by atoms with Crippen molar-refractivity contribution in [2.45, 2.75) is 38.6 Å². The van der Waals surface area contributed by atoms with E-state index in [1.165, 1.54) is 6.20 Å². The average molecular weight is 280 g/mol. The normalized spacial score (nSPS) is 18.2. The number of primary amides is 1. The predicted octanol–water partition coefficient (Wildman–Crippen LogP) is 1.06. The number of H-pyrrole nitrogens is 1. The van der Waals surface area contributed by atoms with Crippen LogP contribution < -0.4 is 5.73 Å². The number of rotatable bonds is 5. The summed E-state index contributed by atoms with van der Waals surface area (Å²) in [7, 11) is 0. The van der Waals surface area contributed by atoms with Crippen molar-refractivity contribution >= 4 is 12.0 Å². The standard InChI is InChI=1S/C13H20N4O3/c1-2-4-11-10(7-15-16-11)12(18)20-8-9-5-3-6-17(9)13(14)19/h7,9H,2-6,8H2,1H3,(H2,14,19)(H,15,16). The summed E-state index contributed by atoms with van der Waals surface area (Å²) in [6, 6.07) is -0.573. The SMILES string of the molecule is CCCc1[nH]ncc1C(=O)OCC1CCCN1C(N)=O. The fraction of sp³-hybridized carbons (Fsp3) is 0.615. The van der Waals surface area contributed by atoms with E-state index in [1.807, 2.05) is 6.92 Å². The van der Waals surface area contributed by atoms with Gasteiger partial charge in [0.15, 0.2) is 0 Å². The van der Waals surface area contributed by atoms with Gasteiger partial charge in [0.25, 0.3) is 0 Å². The Hall–Kier alpha value is -2.05. The summed E-state index contributed by atoms with van der Waals surface area (Å²) in [4.78, 5) is 24.8. The van der Waals surface area contributed by atoms with Crippen molar-refractivity contribution in [3.8, 4) is 0 Å². The molecule has 0 radical (unpaired) electrons. The Morgan fingerprint density at radius 2 is 2.40 bits per heavy atom. The number of hydrogen-bond donors (Lipinski definition) is 2. The first-order chi connectivity index (χ1) is 9.63. The van der Waals surface area contributed by atoms with Crippen LogP contribution in [0.2, 0.25) is 0 Å². The van der Waals surface area contributed by atoms with E-state index in [9.17, 15) is 9.59 Å². The van der Waals surface area contributed by atoms with Crippen molar-refractivity contribution in [3.63, 3.8) is 0 Å². The summed E-state index contributed by atoms with van der Waals surface area (Å²) < 4.78 is 5.29. The third-order valence-corrected chi connectivity index (χ3v) is 3.51. The summed E-state index contributed by atoms with van der Waals surface area (Å²) in [5.41, 5.74) is 6.54. The number of nitrogens with one attached hydrogen (secondary N) is 1. The molecule has 20 heavy (non-hydrogen) atoms. The maximum absolute atomic E-state index is 12.0. The van der Waals surface area contributed by atoms with Gasteiger partial charge < -0.3 is 15.4 Å². The first-order valence-electron chi connectivity index (χ1n) is 6.89. The summed E-state index contributed by atoms with van der Waals surface area (Å²) in [5.74, 6) is -0.404. The van der Waals surface area contributed by atoms with Crippen LogP contribution in [0.15, 0.2) is 6.20 Å². The first-order valence-corrected chi connectivity index (χ1v) is 6.89. The van der Waals surface area contributed by atoms with Crippen LogP contribution in [0.3, 0.4) is 0 Å². The molecule has 0 bridgehead atoms. The molecule has 0 spiro atoms. The lowest BCUT2D eigenvalue weighted by atomic mass is 10.1. The number of carbonyl (C=O) groups is 2. The number of aromatic amines is 1. The van der Waals surface area contributed by atoms with E-state index in [4.69, 9.17) is 10.5 Å². The summed E-state index contributed by atoms with van der Waals surface area (Å²) in [5, 5.41) is 6.68. The number of likely N-dealkylation sites (tertiary alicyclic amines) is 1. The van der Waals surface area contributed by atoms with E-state index in [0.29, 0.717) is 12.1 Å². The number of aryl methyl sites for hydroxylation is 1. The third-order valence-electron chi connectivity index (χ3n) is 3.51. The van der Waals surface area contributed by atoms with E-state index >= 15 is 0 Å². The molecule has 0 aliphatic carbocycles. The molecule has 1 aliphatic heterocycles. The molecule has 2 rings (SSSR count). The van der Waals surface area contributed by atoms with Crippen molar-refractivity contribution in [1.82, 2.24) is 15.1 Å². The molecule has 1 aromatic rings. The molecule has 1 saturated heterocycles. The van der Waals surface area contributed by atoms with Gasteiger partial charge in [-0.25, -0.2) is 9.59 Å². The minimum absolute atomic E-state index is 0.113. The number of nitrogens with two attached hydrogens (primary N) is 1. The Balaban J connectivity index is 1.91. The topological polar surface area (TPSA) is 101 Å². The minimum atomic E-state index is -0.460. The molecule has 2 heterocycles. The molecule has 1 fully saturated rings. The minimum Gasteiger partial charge on any atom is -0.460 e. The third kappa shape index (κ3) is 3.09. The molecular formula is C13H20N4O3. The molecule has 1 aliphatic rings. The lowest BCUT2D eigenvalue weighted by Crippen LogP contribution is -2.42. The second-order valence-electron chi connectivity index (χ2n) is 4.94. The maximum atomic E-state index is 12.0. The molecule has 110 valence electrons. The first kappa shape index (κ1) is 14.4. The van der Waals surface area contributed by atoms with Crippen molar-refractivity contribution < 1.29 is 14.3 Å². The van der Waals surface area contributed by atoms with Gasteiger partial charge in [-0.3, -0.25) is 5.10 Å². The van der Waals surface area contributed by atoms with Gasteiger partial charge in [-0.1, -0.05) is 13.3 Å². The van der Waals surface area contributed by atoms with Gasteiger partial charge in [0.1, 0.15) is 12.2 Å². The number of urea groups is 1. The highest BCUT2D eigenvalue weighted by Gasteiger charge is 2.28. The molecule has 3 N–H and O–H groups in total. The largest absolute Gasteiger partial charge is 0.460 e. The van der Waals surface area contributed by atoms with Gasteiger partial charge in [0.05, 0.1) is 12.2 Å². The fourth-order valence-electron chi connectivity index (χ4n) is 2.48. The summed E-state index contributed by atoms with van der Waals surface area (Å²) >= 11 is 0. The second-order valence-corrected chi connectivity index (χ2v) is 4.94. The van der Waals surface area contributed by atoms with Crippen LogP contribution in [0, 0.1) is 0 Å². The molecule has 1 aromatic heterocycles. The van der Waals surface area contributed by atoms with Crippen LogP contribution in [0.4, 0.5) is 4.79 Å². The highest BCUT2D eigenvalue weighted by molar-refractivity contribution is 5.90. The van der Waals surface area contributed by atoms with Crippen molar-refractivity contribution in [3.05, 3.63) is 17.5 Å². The molecule has 1 unspecified atom stereocenters. The van der Waals surface area contributed by atoms with Gasteiger partial charge >= 0.3 is 12.0 Å². The molecule has 0 aromatic carbocycles. The molecule has 1 atom stereocenters. The molecule has 7 heteroatoms. The number of nitrogens with zero attached hydrogens (tertiary/aromatic N) is 2. The number of aromatic nitrogens is 2. The van der Waals surface area contributed by atoms with E-state index in [1.54, 1.807) is 4.90 Å². The van der Waals surface area contributed by atoms with Crippen LogP contribution in [-0.4, -0.2) is 46.3 Å². The van der Waals surface area contributed by atoms with Gasteiger partial charge in [0.2, 0.25) is 0 Å². The Kier molecular flexibility index (Phi) is 4.60.